The number of carbonyl (C=O) groups is 1. The van der Waals surface area contributed by atoms with Gasteiger partial charge in [-0.05, 0) is 24.6 Å². The highest BCUT2D eigenvalue weighted by Crippen LogP contribution is 2.01. The molecule has 0 spiro atoms. The Labute approximate surface area is 76.6 Å². The maximum atomic E-state index is 11.1. The second-order valence-corrected chi connectivity index (χ2v) is 3.25. The molecule has 1 aromatic rings. The Morgan fingerprint density at radius 3 is 3.00 bits per heavy atom. The maximum Gasteiger partial charge on any atom is 0.154 e. The lowest BCUT2D eigenvalue weighted by atomic mass is 10.1. The number of nitrogens with zero attached hydrogens (tertiary/aromatic N) is 1. The van der Waals surface area contributed by atoms with Gasteiger partial charge in [-0.3, -0.25) is 9.79 Å². The van der Waals surface area contributed by atoms with Gasteiger partial charge in [0.25, 0.3) is 0 Å². The summed E-state index contributed by atoms with van der Waals surface area (Å²) < 4.78 is 0. The molecule has 1 atom stereocenters. The monoisotopic (exact) mass is 173 g/mol. The van der Waals surface area contributed by atoms with Gasteiger partial charge in [0.2, 0.25) is 0 Å². The van der Waals surface area contributed by atoms with Crippen molar-refractivity contribution in [3.8, 4) is 0 Å². The van der Waals surface area contributed by atoms with E-state index in [1.54, 1.807) is 6.92 Å². The zero-order valence-electron chi connectivity index (χ0n) is 7.53. The molecule has 0 N–H and O–H groups in total. The molecule has 1 aliphatic heterocycles. The summed E-state index contributed by atoms with van der Waals surface area (Å²) in [5, 5.41) is 2.08. The van der Waals surface area contributed by atoms with Gasteiger partial charge in [-0.2, -0.15) is 0 Å². The molecule has 0 saturated heterocycles. The molecule has 1 unspecified atom stereocenters. The molecular formula is C11H11NO. The smallest absolute Gasteiger partial charge is 0.154 e. The fourth-order valence-corrected chi connectivity index (χ4v) is 1.49. The fraction of sp³-hybridized carbons (Fsp3) is 0.273. The number of para-hydroxylation sites is 1. The van der Waals surface area contributed by atoms with Crippen LogP contribution in [0.25, 0.3) is 6.08 Å². The van der Waals surface area contributed by atoms with Gasteiger partial charge >= 0.3 is 0 Å². The summed E-state index contributed by atoms with van der Waals surface area (Å²) in [6.07, 6.45) is 2.82. The fourth-order valence-electron chi connectivity index (χ4n) is 1.49. The highest BCUT2D eigenvalue weighted by atomic mass is 16.1. The average molecular weight is 173 g/mol. The van der Waals surface area contributed by atoms with Crippen LogP contribution in [0.2, 0.25) is 0 Å². The number of Topliss-reactive ketones (excluding diaryl/α,β-unsaturated/α-hetero) is 1. The minimum Gasteiger partial charge on any atom is -0.298 e. The van der Waals surface area contributed by atoms with E-state index in [0.717, 1.165) is 17.0 Å². The van der Waals surface area contributed by atoms with Crippen LogP contribution in [0.3, 0.4) is 0 Å². The minimum atomic E-state index is -0.157. The van der Waals surface area contributed by atoms with Crippen LogP contribution in [0.5, 0.6) is 0 Å². The Morgan fingerprint density at radius 1 is 1.46 bits per heavy atom. The zero-order valence-corrected chi connectivity index (χ0v) is 7.53. The molecule has 2 heteroatoms. The number of carbonyl (C=O) groups excluding carboxylic acids is 1. The summed E-state index contributed by atoms with van der Waals surface area (Å²) in [4.78, 5) is 15.5. The Kier molecular flexibility index (Phi) is 1.97. The molecule has 1 aromatic carbocycles. The Balaban J connectivity index is 2.55. The van der Waals surface area contributed by atoms with E-state index in [9.17, 15) is 4.79 Å². The second kappa shape index (κ2) is 3.13. The van der Waals surface area contributed by atoms with Crippen LogP contribution < -0.4 is 10.6 Å². The normalized spacial score (nSPS) is 19.6. The molecule has 0 fully saturated rings. The number of hydrogen-bond acceptors (Lipinski definition) is 2. The number of ketones is 1. The van der Waals surface area contributed by atoms with Crippen LogP contribution in [0.15, 0.2) is 29.3 Å². The summed E-state index contributed by atoms with van der Waals surface area (Å²) in [6.45, 7) is 1.59. The molecule has 13 heavy (non-hydrogen) atoms. The van der Waals surface area contributed by atoms with Gasteiger partial charge < -0.3 is 0 Å². The molecule has 0 amide bonds. The van der Waals surface area contributed by atoms with E-state index < -0.39 is 0 Å². The van der Waals surface area contributed by atoms with Gasteiger partial charge in [-0.25, -0.2) is 0 Å². The van der Waals surface area contributed by atoms with Crippen LogP contribution in [0.4, 0.5) is 0 Å². The number of hydrogen-bond donors (Lipinski definition) is 0. The Bertz CT molecular complexity index is 447. The van der Waals surface area contributed by atoms with Crippen molar-refractivity contribution in [2.45, 2.75) is 19.4 Å². The van der Waals surface area contributed by atoms with Gasteiger partial charge in [-0.15, -0.1) is 0 Å². The first kappa shape index (κ1) is 8.17. The van der Waals surface area contributed by atoms with Crippen molar-refractivity contribution in [3.05, 3.63) is 34.8 Å². The van der Waals surface area contributed by atoms with Crippen LogP contribution >= 0.6 is 0 Å². The number of fused-ring (bicyclic) bond motifs is 1. The van der Waals surface area contributed by atoms with Crippen molar-refractivity contribution in [1.29, 1.82) is 0 Å². The van der Waals surface area contributed by atoms with E-state index >= 15 is 0 Å². The van der Waals surface area contributed by atoms with Crippen molar-refractivity contribution in [1.82, 2.24) is 0 Å². The van der Waals surface area contributed by atoms with Crippen molar-refractivity contribution in [3.63, 3.8) is 0 Å². The lowest BCUT2D eigenvalue weighted by Crippen LogP contribution is -2.33. The summed E-state index contributed by atoms with van der Waals surface area (Å²) in [7, 11) is 0. The standard InChI is InChI=1S/C11H11NO/c1-8(13)10-7-6-9-4-2-3-5-11(9)12-10/h2-6,10H,7H2,1H3. The topological polar surface area (TPSA) is 29.4 Å². The number of benzene rings is 1. The van der Waals surface area contributed by atoms with Crippen molar-refractivity contribution in [2.24, 2.45) is 4.99 Å². The SMILES string of the molecule is CC(=O)C1CC=c2ccccc2=N1. The number of rotatable bonds is 1. The van der Waals surface area contributed by atoms with E-state index in [4.69, 9.17) is 0 Å². The minimum absolute atomic E-state index is 0.144. The highest BCUT2D eigenvalue weighted by Gasteiger charge is 2.12. The largest absolute Gasteiger partial charge is 0.298 e. The van der Waals surface area contributed by atoms with Gasteiger partial charge in [0, 0.05) is 0 Å². The zero-order chi connectivity index (χ0) is 9.26. The molecular weight excluding hydrogens is 162 g/mol. The van der Waals surface area contributed by atoms with E-state index in [-0.39, 0.29) is 11.8 Å². The van der Waals surface area contributed by atoms with Gasteiger partial charge in [-0.1, -0.05) is 24.3 Å². The van der Waals surface area contributed by atoms with Crippen molar-refractivity contribution >= 4 is 11.9 Å². The van der Waals surface area contributed by atoms with Gasteiger partial charge in [0.15, 0.2) is 5.78 Å². The van der Waals surface area contributed by atoms with E-state index in [1.165, 1.54) is 0 Å². The third kappa shape index (κ3) is 1.52. The van der Waals surface area contributed by atoms with Crippen molar-refractivity contribution < 1.29 is 4.79 Å². The molecule has 66 valence electrons. The van der Waals surface area contributed by atoms with Gasteiger partial charge in [0.05, 0.1) is 5.36 Å². The molecule has 1 aliphatic rings. The first-order valence-electron chi connectivity index (χ1n) is 4.41. The predicted molar refractivity (Wildman–Crippen MR) is 50.8 cm³/mol. The van der Waals surface area contributed by atoms with Crippen LogP contribution in [0.1, 0.15) is 13.3 Å². The highest BCUT2D eigenvalue weighted by molar-refractivity contribution is 5.82. The van der Waals surface area contributed by atoms with Crippen LogP contribution in [0, 0.1) is 0 Å². The molecule has 1 heterocycles. The van der Waals surface area contributed by atoms with Crippen LogP contribution in [-0.2, 0) is 4.79 Å². The average Bonchev–Trinajstić information content (AvgIpc) is 2.17. The molecule has 0 saturated carbocycles. The van der Waals surface area contributed by atoms with E-state index in [2.05, 4.69) is 11.1 Å². The third-order valence-corrected chi connectivity index (χ3v) is 2.26. The van der Waals surface area contributed by atoms with E-state index in [1.807, 2.05) is 24.3 Å². The van der Waals surface area contributed by atoms with Crippen molar-refractivity contribution in [2.75, 3.05) is 0 Å². The third-order valence-electron chi connectivity index (χ3n) is 2.26. The lowest BCUT2D eigenvalue weighted by molar-refractivity contribution is -0.118. The molecule has 2 nitrogen and oxygen atoms in total. The summed E-state index contributed by atoms with van der Waals surface area (Å²) in [5.74, 6) is 0.144. The summed E-state index contributed by atoms with van der Waals surface area (Å²) >= 11 is 0. The molecule has 2 rings (SSSR count). The maximum absolute atomic E-state index is 11.1. The molecule has 0 aromatic heterocycles. The summed E-state index contributed by atoms with van der Waals surface area (Å²) in [5.41, 5.74) is 0. The second-order valence-electron chi connectivity index (χ2n) is 3.25. The van der Waals surface area contributed by atoms with Crippen LogP contribution in [-0.4, -0.2) is 11.8 Å². The Hall–Kier alpha value is -1.44. The Morgan fingerprint density at radius 2 is 2.23 bits per heavy atom. The quantitative estimate of drug-likeness (QED) is 0.606. The first-order valence-corrected chi connectivity index (χ1v) is 4.41. The summed E-state index contributed by atoms with van der Waals surface area (Å²) in [6, 6.07) is 7.74. The first-order chi connectivity index (χ1) is 6.27. The molecule has 0 radical (unpaired) electrons. The molecule has 0 bridgehead atoms. The van der Waals surface area contributed by atoms with Gasteiger partial charge in [0.1, 0.15) is 6.04 Å². The molecule has 0 aliphatic carbocycles. The lowest BCUT2D eigenvalue weighted by Gasteiger charge is -2.09. The van der Waals surface area contributed by atoms with E-state index in [0.29, 0.717) is 0 Å². The predicted octanol–water partition coefficient (Wildman–Crippen LogP) is 0.448.